The van der Waals surface area contributed by atoms with Crippen LogP contribution in [0.4, 0.5) is 0 Å². The first-order valence-electron chi connectivity index (χ1n) is 7.32. The van der Waals surface area contributed by atoms with Gasteiger partial charge in [0.1, 0.15) is 5.54 Å². The fourth-order valence-corrected chi connectivity index (χ4v) is 2.58. The highest BCUT2D eigenvalue weighted by atomic mass is 16.5. The van der Waals surface area contributed by atoms with Crippen molar-refractivity contribution < 1.29 is 19.4 Å². The Bertz CT molecular complexity index is 272. The second-order valence-corrected chi connectivity index (χ2v) is 5.10. The standard InChI is InChI=1S/C14H27NO4/c1-3-8-15-14(13(16)17)7-5-6-12(11-14)19-10-9-18-4-2/h12,15H,3-11H2,1-2H3,(H,16,17). The maximum Gasteiger partial charge on any atom is 0.323 e. The number of rotatable bonds is 9. The fourth-order valence-electron chi connectivity index (χ4n) is 2.58. The summed E-state index contributed by atoms with van der Waals surface area (Å²) in [7, 11) is 0. The molecule has 0 aromatic heterocycles. The van der Waals surface area contributed by atoms with E-state index in [9.17, 15) is 9.90 Å². The van der Waals surface area contributed by atoms with Gasteiger partial charge in [0.15, 0.2) is 0 Å². The van der Waals surface area contributed by atoms with E-state index in [0.717, 1.165) is 25.8 Å². The summed E-state index contributed by atoms with van der Waals surface area (Å²) in [6.07, 6.45) is 4.03. The number of hydrogen-bond acceptors (Lipinski definition) is 4. The maximum atomic E-state index is 11.6. The van der Waals surface area contributed by atoms with Crippen LogP contribution in [-0.4, -0.2) is 49.1 Å². The molecule has 0 radical (unpaired) electrons. The lowest BCUT2D eigenvalue weighted by molar-refractivity contribution is -0.149. The molecule has 0 saturated heterocycles. The largest absolute Gasteiger partial charge is 0.480 e. The van der Waals surface area contributed by atoms with Crippen LogP contribution in [0.2, 0.25) is 0 Å². The molecule has 1 aliphatic rings. The van der Waals surface area contributed by atoms with Gasteiger partial charge in [0.05, 0.1) is 19.3 Å². The molecule has 0 amide bonds. The molecule has 5 nitrogen and oxygen atoms in total. The smallest absolute Gasteiger partial charge is 0.323 e. The second kappa shape index (κ2) is 8.51. The molecule has 2 unspecified atom stereocenters. The number of ether oxygens (including phenoxy) is 2. The van der Waals surface area contributed by atoms with Crippen molar-refractivity contribution in [2.75, 3.05) is 26.4 Å². The second-order valence-electron chi connectivity index (χ2n) is 5.10. The van der Waals surface area contributed by atoms with E-state index in [0.29, 0.717) is 32.7 Å². The van der Waals surface area contributed by atoms with Gasteiger partial charge in [-0.15, -0.1) is 0 Å². The molecular weight excluding hydrogens is 246 g/mol. The molecule has 1 aliphatic carbocycles. The molecule has 112 valence electrons. The molecular formula is C14H27NO4. The summed E-state index contributed by atoms with van der Waals surface area (Å²) >= 11 is 0. The molecule has 2 N–H and O–H groups in total. The van der Waals surface area contributed by atoms with Crippen LogP contribution in [0.3, 0.4) is 0 Å². The zero-order valence-corrected chi connectivity index (χ0v) is 12.1. The summed E-state index contributed by atoms with van der Waals surface area (Å²) in [5.41, 5.74) is -0.801. The van der Waals surface area contributed by atoms with Crippen molar-refractivity contribution in [3.8, 4) is 0 Å². The summed E-state index contributed by atoms with van der Waals surface area (Å²) < 4.78 is 11.0. The van der Waals surface area contributed by atoms with Crippen LogP contribution in [-0.2, 0) is 14.3 Å². The Kier molecular flexibility index (Phi) is 7.34. The first-order chi connectivity index (χ1) is 9.14. The third-order valence-electron chi connectivity index (χ3n) is 3.61. The van der Waals surface area contributed by atoms with Crippen molar-refractivity contribution in [2.24, 2.45) is 0 Å². The maximum absolute atomic E-state index is 11.6. The zero-order valence-electron chi connectivity index (χ0n) is 12.1. The van der Waals surface area contributed by atoms with Crippen molar-refractivity contribution >= 4 is 5.97 Å². The van der Waals surface area contributed by atoms with Crippen molar-refractivity contribution in [1.29, 1.82) is 0 Å². The highest BCUT2D eigenvalue weighted by Crippen LogP contribution is 2.30. The Morgan fingerprint density at radius 3 is 2.84 bits per heavy atom. The van der Waals surface area contributed by atoms with Gasteiger partial charge in [0, 0.05) is 13.0 Å². The van der Waals surface area contributed by atoms with Crippen LogP contribution < -0.4 is 5.32 Å². The lowest BCUT2D eigenvalue weighted by atomic mass is 9.80. The Morgan fingerprint density at radius 2 is 2.21 bits per heavy atom. The van der Waals surface area contributed by atoms with E-state index in [-0.39, 0.29) is 6.10 Å². The topological polar surface area (TPSA) is 67.8 Å². The molecule has 19 heavy (non-hydrogen) atoms. The van der Waals surface area contributed by atoms with Gasteiger partial charge in [-0.1, -0.05) is 6.92 Å². The number of carboxylic acid groups (broad SMARTS) is 1. The fraction of sp³-hybridized carbons (Fsp3) is 0.929. The normalized spacial score (nSPS) is 27.4. The van der Waals surface area contributed by atoms with Gasteiger partial charge in [-0.05, 0) is 39.2 Å². The first kappa shape index (κ1) is 16.4. The van der Waals surface area contributed by atoms with E-state index in [1.807, 2.05) is 13.8 Å². The molecule has 1 fully saturated rings. The van der Waals surface area contributed by atoms with Crippen LogP contribution >= 0.6 is 0 Å². The van der Waals surface area contributed by atoms with Gasteiger partial charge in [-0.2, -0.15) is 0 Å². The zero-order chi connectivity index (χ0) is 14.1. The summed E-state index contributed by atoms with van der Waals surface area (Å²) in [4.78, 5) is 11.6. The van der Waals surface area contributed by atoms with Crippen molar-refractivity contribution in [2.45, 2.75) is 57.6 Å². The van der Waals surface area contributed by atoms with Crippen LogP contribution in [0.15, 0.2) is 0 Å². The van der Waals surface area contributed by atoms with Gasteiger partial charge in [0.25, 0.3) is 0 Å². The monoisotopic (exact) mass is 273 g/mol. The lowest BCUT2D eigenvalue weighted by Crippen LogP contribution is -2.56. The minimum atomic E-state index is -0.801. The van der Waals surface area contributed by atoms with Gasteiger partial charge < -0.3 is 19.9 Å². The SMILES string of the molecule is CCCNC1(C(=O)O)CCCC(OCCOCC)C1. The molecule has 0 heterocycles. The average Bonchev–Trinajstić information content (AvgIpc) is 2.41. The van der Waals surface area contributed by atoms with E-state index in [1.54, 1.807) is 0 Å². The van der Waals surface area contributed by atoms with Gasteiger partial charge in [-0.25, -0.2) is 0 Å². The number of carbonyl (C=O) groups is 1. The average molecular weight is 273 g/mol. The van der Waals surface area contributed by atoms with Crippen LogP contribution in [0.1, 0.15) is 46.0 Å². The first-order valence-corrected chi connectivity index (χ1v) is 7.32. The molecule has 0 aromatic carbocycles. The predicted molar refractivity (Wildman–Crippen MR) is 73.4 cm³/mol. The van der Waals surface area contributed by atoms with E-state index >= 15 is 0 Å². The minimum Gasteiger partial charge on any atom is -0.480 e. The Labute approximate surface area is 115 Å². The predicted octanol–water partition coefficient (Wildman–Crippen LogP) is 1.81. The van der Waals surface area contributed by atoms with Crippen LogP contribution in [0.5, 0.6) is 0 Å². The van der Waals surface area contributed by atoms with Crippen molar-refractivity contribution in [3.05, 3.63) is 0 Å². The summed E-state index contributed by atoms with van der Waals surface area (Å²) in [6.45, 7) is 6.53. The molecule has 0 bridgehead atoms. The Hall–Kier alpha value is -0.650. The molecule has 0 spiro atoms. The van der Waals surface area contributed by atoms with Gasteiger partial charge in [0.2, 0.25) is 0 Å². The summed E-state index contributed by atoms with van der Waals surface area (Å²) in [5, 5.41) is 12.7. The third-order valence-corrected chi connectivity index (χ3v) is 3.61. The Balaban J connectivity index is 2.46. The quantitative estimate of drug-likeness (QED) is 0.627. The van der Waals surface area contributed by atoms with Crippen molar-refractivity contribution in [3.63, 3.8) is 0 Å². The molecule has 0 aliphatic heterocycles. The highest BCUT2D eigenvalue weighted by Gasteiger charge is 2.42. The van der Waals surface area contributed by atoms with E-state index in [1.165, 1.54) is 0 Å². The summed E-state index contributed by atoms with van der Waals surface area (Å²) in [6, 6.07) is 0. The number of carboxylic acids is 1. The number of hydrogen-bond donors (Lipinski definition) is 2. The minimum absolute atomic E-state index is 0.0228. The molecule has 2 atom stereocenters. The lowest BCUT2D eigenvalue weighted by Gasteiger charge is -2.38. The molecule has 5 heteroatoms. The van der Waals surface area contributed by atoms with Crippen LogP contribution in [0, 0.1) is 0 Å². The number of nitrogens with one attached hydrogen (secondary N) is 1. The molecule has 1 rings (SSSR count). The van der Waals surface area contributed by atoms with E-state index in [4.69, 9.17) is 9.47 Å². The summed E-state index contributed by atoms with van der Waals surface area (Å²) in [5.74, 6) is -0.751. The number of aliphatic carboxylic acids is 1. The molecule has 0 aromatic rings. The molecule has 1 saturated carbocycles. The van der Waals surface area contributed by atoms with Crippen molar-refractivity contribution in [1.82, 2.24) is 5.32 Å². The van der Waals surface area contributed by atoms with Gasteiger partial charge >= 0.3 is 5.97 Å². The van der Waals surface area contributed by atoms with Crippen LogP contribution in [0.25, 0.3) is 0 Å². The Morgan fingerprint density at radius 1 is 1.42 bits per heavy atom. The van der Waals surface area contributed by atoms with E-state index in [2.05, 4.69) is 5.32 Å². The van der Waals surface area contributed by atoms with E-state index < -0.39 is 11.5 Å². The third kappa shape index (κ3) is 5.09. The van der Waals surface area contributed by atoms with Gasteiger partial charge in [-0.3, -0.25) is 4.79 Å². The highest BCUT2D eigenvalue weighted by molar-refractivity contribution is 5.79.